The number of fused-ring (bicyclic) bond motifs is 1. The van der Waals surface area contributed by atoms with Gasteiger partial charge in [0.05, 0.1) is 23.5 Å². The number of hydrogen-bond acceptors (Lipinski definition) is 7. The van der Waals surface area contributed by atoms with Gasteiger partial charge in [-0.1, -0.05) is 30.7 Å². The minimum absolute atomic E-state index is 0.159. The van der Waals surface area contributed by atoms with Crippen molar-refractivity contribution in [3.8, 4) is 6.07 Å². The van der Waals surface area contributed by atoms with E-state index in [4.69, 9.17) is 5.26 Å². The van der Waals surface area contributed by atoms with Crippen LogP contribution in [0.15, 0.2) is 53.6 Å². The number of pyridine rings is 1. The molecule has 9 heteroatoms. The number of benzene rings is 1. The van der Waals surface area contributed by atoms with Crippen LogP contribution in [0.25, 0.3) is 0 Å². The summed E-state index contributed by atoms with van der Waals surface area (Å²) in [4.78, 5) is 35.8. The van der Waals surface area contributed by atoms with Gasteiger partial charge in [0.1, 0.15) is 11.9 Å². The van der Waals surface area contributed by atoms with Crippen molar-refractivity contribution in [2.45, 2.75) is 45.2 Å². The van der Waals surface area contributed by atoms with Crippen LogP contribution >= 0.6 is 0 Å². The zero-order valence-electron chi connectivity index (χ0n) is 21.1. The molecule has 4 heterocycles. The van der Waals surface area contributed by atoms with Gasteiger partial charge in [-0.25, -0.2) is 10.1 Å². The lowest BCUT2D eigenvalue weighted by Crippen LogP contribution is -2.49. The maximum atomic E-state index is 12.9. The molecular formula is C28H31N7O2. The van der Waals surface area contributed by atoms with Crippen molar-refractivity contribution in [3.63, 3.8) is 0 Å². The lowest BCUT2D eigenvalue weighted by molar-refractivity contribution is -0.131. The number of carbonyl (C=O) groups is 1. The molecule has 2 aromatic heterocycles. The van der Waals surface area contributed by atoms with Crippen molar-refractivity contribution < 1.29 is 4.79 Å². The number of nitrogens with zero attached hydrogens (tertiary/aromatic N) is 6. The third-order valence-corrected chi connectivity index (χ3v) is 7.47. The molecule has 0 radical (unpaired) electrons. The van der Waals surface area contributed by atoms with E-state index in [2.05, 4.69) is 55.3 Å². The van der Waals surface area contributed by atoms with Crippen molar-refractivity contribution >= 4 is 17.4 Å². The second-order valence-corrected chi connectivity index (χ2v) is 9.68. The van der Waals surface area contributed by atoms with Gasteiger partial charge in [0.15, 0.2) is 0 Å². The number of piperazine rings is 1. The van der Waals surface area contributed by atoms with Crippen molar-refractivity contribution in [2.24, 2.45) is 0 Å². The topological polar surface area (TPSA) is 109 Å². The summed E-state index contributed by atoms with van der Waals surface area (Å²) in [6.45, 7) is 5.43. The third-order valence-electron chi connectivity index (χ3n) is 7.47. The number of anilines is 2. The van der Waals surface area contributed by atoms with E-state index < -0.39 is 0 Å². The number of rotatable bonds is 7. The van der Waals surface area contributed by atoms with Crippen LogP contribution in [0.4, 0.5) is 11.5 Å². The van der Waals surface area contributed by atoms with E-state index in [1.54, 1.807) is 18.5 Å². The molecule has 1 fully saturated rings. The number of carbonyl (C=O) groups excluding carboxylic acids is 1. The average Bonchev–Trinajstić information content (AvgIpc) is 3.31. The molecular weight excluding hydrogens is 466 g/mol. The molecule has 0 aliphatic carbocycles. The maximum Gasteiger partial charge on any atom is 0.269 e. The zero-order chi connectivity index (χ0) is 25.8. The maximum absolute atomic E-state index is 12.9. The van der Waals surface area contributed by atoms with E-state index in [-0.39, 0.29) is 17.5 Å². The van der Waals surface area contributed by atoms with E-state index in [0.29, 0.717) is 30.6 Å². The Bertz CT molecular complexity index is 1350. The molecule has 3 aromatic rings. The predicted octanol–water partition coefficient (Wildman–Crippen LogP) is 3.32. The highest BCUT2D eigenvalue weighted by Crippen LogP contribution is 2.40. The van der Waals surface area contributed by atoms with Gasteiger partial charge < -0.3 is 14.7 Å². The molecule has 1 amide bonds. The molecule has 0 saturated carbocycles. The van der Waals surface area contributed by atoms with Crippen LogP contribution < -0.4 is 15.4 Å². The Morgan fingerprint density at radius 2 is 1.92 bits per heavy atom. The Morgan fingerprint density at radius 3 is 2.68 bits per heavy atom. The SMILES string of the molecule is Cc1c(N2Cc3ccccc3[C@@H]2CCCCC(=O)N2CCN(c3ccc(C#N)cn3)CC2)cn[nH]c1=O. The van der Waals surface area contributed by atoms with Crippen LogP contribution in [0.2, 0.25) is 0 Å². The van der Waals surface area contributed by atoms with E-state index in [1.807, 2.05) is 17.9 Å². The van der Waals surface area contributed by atoms with Gasteiger partial charge in [-0.2, -0.15) is 10.4 Å². The fourth-order valence-electron chi connectivity index (χ4n) is 5.36. The molecule has 0 spiro atoms. The monoisotopic (exact) mass is 497 g/mol. The molecule has 1 aromatic carbocycles. The smallest absolute Gasteiger partial charge is 0.269 e. The predicted molar refractivity (Wildman–Crippen MR) is 141 cm³/mol. The lowest BCUT2D eigenvalue weighted by Gasteiger charge is -2.35. The first-order chi connectivity index (χ1) is 18.0. The molecule has 0 unspecified atom stereocenters. The highest BCUT2D eigenvalue weighted by atomic mass is 16.2. The van der Waals surface area contributed by atoms with Gasteiger partial charge >= 0.3 is 0 Å². The summed E-state index contributed by atoms with van der Waals surface area (Å²) in [5.41, 5.74) is 4.51. The number of nitriles is 1. The first kappa shape index (κ1) is 24.5. The fourth-order valence-corrected chi connectivity index (χ4v) is 5.36. The molecule has 1 N–H and O–H groups in total. The normalized spacial score (nSPS) is 17.0. The first-order valence-corrected chi connectivity index (χ1v) is 12.8. The van der Waals surface area contributed by atoms with Gasteiger partial charge in [0, 0.05) is 50.9 Å². The summed E-state index contributed by atoms with van der Waals surface area (Å²) < 4.78 is 0. The summed E-state index contributed by atoms with van der Waals surface area (Å²) in [5.74, 6) is 1.05. The lowest BCUT2D eigenvalue weighted by atomic mass is 9.99. The summed E-state index contributed by atoms with van der Waals surface area (Å²) in [6.07, 6.45) is 6.53. The van der Waals surface area contributed by atoms with Crippen LogP contribution in [0.3, 0.4) is 0 Å². The largest absolute Gasteiger partial charge is 0.358 e. The van der Waals surface area contributed by atoms with Crippen molar-refractivity contribution in [1.29, 1.82) is 5.26 Å². The Hall–Kier alpha value is -4.19. The molecule has 1 atom stereocenters. The van der Waals surface area contributed by atoms with Crippen molar-refractivity contribution in [2.75, 3.05) is 36.0 Å². The zero-order valence-corrected chi connectivity index (χ0v) is 21.1. The van der Waals surface area contributed by atoms with Crippen LogP contribution in [0.1, 0.15) is 54.0 Å². The highest BCUT2D eigenvalue weighted by Gasteiger charge is 2.31. The van der Waals surface area contributed by atoms with Crippen molar-refractivity contribution in [3.05, 3.63) is 81.4 Å². The molecule has 2 aliphatic rings. The standard InChI is InChI=1S/C28H31N7O2/c1-20-25(18-31-32-28(20)37)35-19-22-6-2-3-7-23(22)24(35)8-4-5-9-27(36)34-14-12-33(13-15-34)26-11-10-21(16-29)17-30-26/h2-3,6-7,10-11,17-18,24H,4-5,8-9,12-15,19H2,1H3,(H,32,37)/t24-/m0/s1. The van der Waals surface area contributed by atoms with E-state index in [0.717, 1.165) is 50.4 Å². The average molecular weight is 498 g/mol. The molecule has 0 bridgehead atoms. The van der Waals surface area contributed by atoms with Gasteiger partial charge in [-0.05, 0) is 43.0 Å². The van der Waals surface area contributed by atoms with Gasteiger partial charge in [-0.15, -0.1) is 0 Å². The Balaban J connectivity index is 1.14. The van der Waals surface area contributed by atoms with Crippen LogP contribution in [0, 0.1) is 18.3 Å². The van der Waals surface area contributed by atoms with E-state index >= 15 is 0 Å². The minimum atomic E-state index is -0.159. The van der Waals surface area contributed by atoms with E-state index in [1.165, 1.54) is 11.1 Å². The Labute approximate surface area is 216 Å². The number of aromatic nitrogens is 3. The Morgan fingerprint density at radius 1 is 1.11 bits per heavy atom. The summed E-state index contributed by atoms with van der Waals surface area (Å²) in [6, 6.07) is 14.3. The summed E-state index contributed by atoms with van der Waals surface area (Å²) in [5, 5.41) is 15.5. The number of nitrogens with one attached hydrogen (secondary N) is 1. The summed E-state index contributed by atoms with van der Waals surface area (Å²) in [7, 11) is 0. The van der Waals surface area contributed by atoms with Crippen molar-refractivity contribution in [1.82, 2.24) is 20.1 Å². The number of aromatic amines is 1. The quantitative estimate of drug-likeness (QED) is 0.499. The number of amides is 1. The molecule has 2 aliphatic heterocycles. The third kappa shape index (κ3) is 5.19. The highest BCUT2D eigenvalue weighted by molar-refractivity contribution is 5.76. The molecule has 9 nitrogen and oxygen atoms in total. The van der Waals surface area contributed by atoms with Crippen LogP contribution in [-0.2, 0) is 11.3 Å². The van der Waals surface area contributed by atoms with Gasteiger partial charge in [-0.3, -0.25) is 9.59 Å². The second-order valence-electron chi connectivity index (χ2n) is 9.68. The van der Waals surface area contributed by atoms with Crippen LogP contribution in [0.5, 0.6) is 0 Å². The molecule has 1 saturated heterocycles. The molecule has 190 valence electrons. The number of unbranched alkanes of at least 4 members (excludes halogenated alkanes) is 1. The first-order valence-electron chi connectivity index (χ1n) is 12.8. The van der Waals surface area contributed by atoms with Crippen LogP contribution in [-0.4, -0.2) is 52.2 Å². The van der Waals surface area contributed by atoms with E-state index in [9.17, 15) is 9.59 Å². The molecule has 5 rings (SSSR count). The number of hydrogen-bond donors (Lipinski definition) is 1. The minimum Gasteiger partial charge on any atom is -0.358 e. The number of H-pyrrole nitrogens is 1. The Kier molecular flexibility index (Phi) is 7.17. The van der Waals surface area contributed by atoms with Gasteiger partial charge in [0.2, 0.25) is 5.91 Å². The summed E-state index contributed by atoms with van der Waals surface area (Å²) >= 11 is 0. The fraction of sp³-hybridized carbons (Fsp3) is 0.393. The van der Waals surface area contributed by atoms with Gasteiger partial charge in [0.25, 0.3) is 5.56 Å². The molecule has 37 heavy (non-hydrogen) atoms. The second kappa shape index (κ2) is 10.8.